The SMILES string of the molecule is Fc1cccc2c1SCC[C@H]2NCc1cnc(N2CCCC2)nc1. The number of halogens is 1. The summed E-state index contributed by atoms with van der Waals surface area (Å²) in [5.74, 6) is 1.66. The summed E-state index contributed by atoms with van der Waals surface area (Å²) in [5.41, 5.74) is 2.13. The monoisotopic (exact) mass is 344 g/mol. The van der Waals surface area contributed by atoms with E-state index in [9.17, 15) is 4.39 Å². The van der Waals surface area contributed by atoms with Crippen LogP contribution in [0.15, 0.2) is 35.5 Å². The Morgan fingerprint density at radius 3 is 2.79 bits per heavy atom. The van der Waals surface area contributed by atoms with E-state index in [2.05, 4.69) is 20.2 Å². The third-order valence-electron chi connectivity index (χ3n) is 4.66. The molecule has 24 heavy (non-hydrogen) atoms. The molecule has 1 N–H and O–H groups in total. The Kier molecular flexibility index (Phi) is 4.67. The van der Waals surface area contributed by atoms with Gasteiger partial charge in [-0.1, -0.05) is 12.1 Å². The second kappa shape index (κ2) is 7.07. The molecule has 3 heterocycles. The van der Waals surface area contributed by atoms with Crippen LogP contribution in [0.25, 0.3) is 0 Å². The molecule has 0 aliphatic carbocycles. The first-order valence-corrected chi connectivity index (χ1v) is 9.50. The quantitative estimate of drug-likeness (QED) is 0.919. The third-order valence-corrected chi connectivity index (χ3v) is 5.82. The van der Waals surface area contributed by atoms with Crippen molar-refractivity contribution in [1.82, 2.24) is 15.3 Å². The van der Waals surface area contributed by atoms with Crippen molar-refractivity contribution in [2.45, 2.75) is 36.7 Å². The van der Waals surface area contributed by atoms with Crippen molar-refractivity contribution in [1.29, 1.82) is 0 Å². The molecule has 1 saturated heterocycles. The number of thioether (sulfide) groups is 1. The number of nitrogens with zero attached hydrogens (tertiary/aromatic N) is 3. The van der Waals surface area contributed by atoms with Crippen molar-refractivity contribution < 1.29 is 4.39 Å². The van der Waals surface area contributed by atoms with Gasteiger partial charge in [0.05, 0.1) is 0 Å². The van der Waals surface area contributed by atoms with Gasteiger partial charge in [0, 0.05) is 48.5 Å². The molecule has 2 aromatic rings. The highest BCUT2D eigenvalue weighted by molar-refractivity contribution is 7.99. The minimum Gasteiger partial charge on any atom is -0.341 e. The number of fused-ring (bicyclic) bond motifs is 1. The number of benzene rings is 1. The zero-order valence-corrected chi connectivity index (χ0v) is 14.4. The summed E-state index contributed by atoms with van der Waals surface area (Å²) < 4.78 is 13.9. The van der Waals surface area contributed by atoms with Crippen LogP contribution in [0, 0.1) is 5.82 Å². The molecule has 4 rings (SSSR count). The van der Waals surface area contributed by atoms with Crippen LogP contribution in [0.4, 0.5) is 10.3 Å². The Morgan fingerprint density at radius 1 is 1.21 bits per heavy atom. The fraction of sp³-hybridized carbons (Fsp3) is 0.444. The standard InChI is InChI=1S/C18H21FN4S/c19-15-5-3-4-14-16(6-9-24-17(14)15)20-10-13-11-21-18(22-12-13)23-7-1-2-8-23/h3-5,11-12,16,20H,1-2,6-10H2/t16-/m1/s1. The van der Waals surface area contributed by atoms with Crippen molar-refractivity contribution >= 4 is 17.7 Å². The lowest BCUT2D eigenvalue weighted by atomic mass is 10.0. The smallest absolute Gasteiger partial charge is 0.225 e. The van der Waals surface area contributed by atoms with Gasteiger partial charge in [-0.05, 0) is 36.6 Å². The Morgan fingerprint density at radius 2 is 2.00 bits per heavy atom. The summed E-state index contributed by atoms with van der Waals surface area (Å²) in [6.07, 6.45) is 7.26. The predicted octanol–water partition coefficient (Wildman–Crippen LogP) is 3.54. The highest BCUT2D eigenvalue weighted by atomic mass is 32.2. The molecule has 2 aliphatic heterocycles. The largest absolute Gasteiger partial charge is 0.341 e. The minimum absolute atomic E-state index is 0.109. The molecular formula is C18H21FN4S. The average molecular weight is 344 g/mol. The number of hydrogen-bond donors (Lipinski definition) is 1. The predicted molar refractivity (Wildman–Crippen MR) is 94.8 cm³/mol. The molecule has 0 radical (unpaired) electrons. The molecule has 126 valence electrons. The molecule has 0 unspecified atom stereocenters. The Bertz CT molecular complexity index is 701. The van der Waals surface area contributed by atoms with Crippen LogP contribution < -0.4 is 10.2 Å². The lowest BCUT2D eigenvalue weighted by Crippen LogP contribution is -2.25. The van der Waals surface area contributed by atoms with Gasteiger partial charge in [-0.25, -0.2) is 14.4 Å². The molecule has 1 atom stereocenters. The molecule has 0 amide bonds. The second-order valence-corrected chi connectivity index (χ2v) is 7.42. The van der Waals surface area contributed by atoms with E-state index in [1.54, 1.807) is 23.9 Å². The van der Waals surface area contributed by atoms with Gasteiger partial charge >= 0.3 is 0 Å². The van der Waals surface area contributed by atoms with Crippen LogP contribution in [0.2, 0.25) is 0 Å². The highest BCUT2D eigenvalue weighted by Gasteiger charge is 2.22. The van der Waals surface area contributed by atoms with Gasteiger partial charge in [-0.15, -0.1) is 11.8 Å². The van der Waals surface area contributed by atoms with Crippen LogP contribution in [-0.2, 0) is 6.54 Å². The molecule has 0 spiro atoms. The summed E-state index contributed by atoms with van der Waals surface area (Å²) in [6.45, 7) is 2.81. The third kappa shape index (κ3) is 3.26. The maximum absolute atomic E-state index is 13.9. The summed E-state index contributed by atoms with van der Waals surface area (Å²) in [4.78, 5) is 12.0. The van der Waals surface area contributed by atoms with Crippen LogP contribution >= 0.6 is 11.8 Å². The second-order valence-electron chi connectivity index (χ2n) is 6.31. The maximum Gasteiger partial charge on any atom is 0.225 e. The molecule has 1 aromatic heterocycles. The molecule has 0 saturated carbocycles. The number of nitrogens with one attached hydrogen (secondary N) is 1. The van der Waals surface area contributed by atoms with Crippen molar-refractivity contribution in [2.75, 3.05) is 23.7 Å². The van der Waals surface area contributed by atoms with Crippen molar-refractivity contribution in [3.8, 4) is 0 Å². The van der Waals surface area contributed by atoms with Crippen molar-refractivity contribution in [3.05, 3.63) is 47.5 Å². The van der Waals surface area contributed by atoms with E-state index in [0.717, 1.165) is 47.2 Å². The first-order chi connectivity index (χ1) is 11.8. The molecule has 4 nitrogen and oxygen atoms in total. The minimum atomic E-state index is -0.109. The summed E-state index contributed by atoms with van der Waals surface area (Å²) in [7, 11) is 0. The van der Waals surface area contributed by atoms with E-state index in [0.29, 0.717) is 6.54 Å². The fourth-order valence-electron chi connectivity index (χ4n) is 3.36. The number of aromatic nitrogens is 2. The normalized spacial score (nSPS) is 20.2. The summed E-state index contributed by atoms with van der Waals surface area (Å²) >= 11 is 1.61. The molecular weight excluding hydrogens is 323 g/mol. The first-order valence-electron chi connectivity index (χ1n) is 8.52. The van der Waals surface area contributed by atoms with E-state index >= 15 is 0 Å². The molecule has 1 aromatic carbocycles. The van der Waals surface area contributed by atoms with Crippen LogP contribution in [0.3, 0.4) is 0 Å². The zero-order valence-electron chi connectivity index (χ0n) is 13.5. The number of hydrogen-bond acceptors (Lipinski definition) is 5. The highest BCUT2D eigenvalue weighted by Crippen LogP contribution is 2.37. The molecule has 1 fully saturated rings. The summed E-state index contributed by atoms with van der Waals surface area (Å²) in [6, 6.07) is 5.55. The number of anilines is 1. The van der Waals surface area contributed by atoms with E-state index in [4.69, 9.17) is 0 Å². The topological polar surface area (TPSA) is 41.1 Å². The van der Waals surface area contributed by atoms with E-state index in [1.165, 1.54) is 12.8 Å². The van der Waals surface area contributed by atoms with Crippen LogP contribution in [0.5, 0.6) is 0 Å². The van der Waals surface area contributed by atoms with Gasteiger partial charge in [0.2, 0.25) is 5.95 Å². The fourth-order valence-corrected chi connectivity index (χ4v) is 4.50. The Labute approximate surface area is 145 Å². The Hall–Kier alpha value is -1.66. The van der Waals surface area contributed by atoms with E-state index in [-0.39, 0.29) is 11.9 Å². The van der Waals surface area contributed by atoms with Gasteiger partial charge in [0.25, 0.3) is 0 Å². The van der Waals surface area contributed by atoms with Gasteiger partial charge in [0.1, 0.15) is 5.82 Å². The van der Waals surface area contributed by atoms with Gasteiger partial charge < -0.3 is 10.2 Å². The summed E-state index contributed by atoms with van der Waals surface area (Å²) in [5, 5.41) is 3.54. The molecule has 2 aliphatic rings. The average Bonchev–Trinajstić information content (AvgIpc) is 3.15. The Balaban J connectivity index is 1.41. The van der Waals surface area contributed by atoms with E-state index < -0.39 is 0 Å². The van der Waals surface area contributed by atoms with Crippen LogP contribution in [-0.4, -0.2) is 28.8 Å². The van der Waals surface area contributed by atoms with Gasteiger partial charge in [-0.3, -0.25) is 0 Å². The van der Waals surface area contributed by atoms with Crippen molar-refractivity contribution in [3.63, 3.8) is 0 Å². The lowest BCUT2D eigenvalue weighted by Gasteiger charge is -2.26. The van der Waals surface area contributed by atoms with E-state index in [1.807, 2.05) is 18.5 Å². The van der Waals surface area contributed by atoms with Gasteiger partial charge in [0.15, 0.2) is 0 Å². The first kappa shape index (κ1) is 15.8. The van der Waals surface area contributed by atoms with Crippen molar-refractivity contribution in [2.24, 2.45) is 0 Å². The molecule has 6 heteroatoms. The molecule has 0 bridgehead atoms. The number of rotatable bonds is 4. The maximum atomic E-state index is 13.9. The lowest BCUT2D eigenvalue weighted by molar-refractivity contribution is 0.495. The van der Waals surface area contributed by atoms with Crippen LogP contribution in [0.1, 0.15) is 36.4 Å². The zero-order chi connectivity index (χ0) is 16.4. The van der Waals surface area contributed by atoms with Gasteiger partial charge in [-0.2, -0.15) is 0 Å².